The minimum Gasteiger partial charge on any atom is -0.211 e. The predicted molar refractivity (Wildman–Crippen MR) is 76.0 cm³/mol. The van der Waals surface area contributed by atoms with Gasteiger partial charge in [-0.3, -0.25) is 0 Å². The van der Waals surface area contributed by atoms with Crippen molar-refractivity contribution in [2.45, 2.75) is 38.0 Å². The highest BCUT2D eigenvalue weighted by Gasteiger charge is 2.33. The molecule has 0 aromatic heterocycles. The molecule has 0 spiro atoms. The summed E-state index contributed by atoms with van der Waals surface area (Å²) in [4.78, 5) is 0.339. The fourth-order valence-electron chi connectivity index (χ4n) is 2.09. The van der Waals surface area contributed by atoms with Crippen LogP contribution in [0, 0.1) is 12.3 Å². The van der Waals surface area contributed by atoms with Gasteiger partial charge in [0.25, 0.3) is 0 Å². The lowest BCUT2D eigenvalue weighted by Gasteiger charge is -2.38. The molecule has 0 unspecified atom stereocenters. The van der Waals surface area contributed by atoms with Gasteiger partial charge in [-0.2, -0.15) is 0 Å². The quantitative estimate of drug-likeness (QED) is 0.920. The van der Waals surface area contributed by atoms with Gasteiger partial charge in [-0.25, -0.2) is 13.1 Å². The van der Waals surface area contributed by atoms with Gasteiger partial charge < -0.3 is 0 Å². The van der Waals surface area contributed by atoms with E-state index in [0.29, 0.717) is 11.4 Å². The largest absolute Gasteiger partial charge is 0.240 e. The predicted octanol–water partition coefficient (Wildman–Crippen LogP) is 3.23. The number of hydrogen-bond acceptors (Lipinski definition) is 2. The maximum Gasteiger partial charge on any atom is 0.240 e. The summed E-state index contributed by atoms with van der Waals surface area (Å²) in [7, 11) is -3.38. The second-order valence-electron chi connectivity index (χ2n) is 5.40. The molecule has 3 nitrogen and oxygen atoms in total. The van der Waals surface area contributed by atoms with E-state index in [4.69, 9.17) is 0 Å². The monoisotopic (exact) mass is 331 g/mol. The molecule has 1 N–H and O–H groups in total. The first-order valence-corrected chi connectivity index (χ1v) is 8.36. The average molecular weight is 332 g/mol. The third-order valence-electron chi connectivity index (χ3n) is 3.69. The second-order valence-corrected chi connectivity index (χ2v) is 8.02. The number of halogens is 1. The van der Waals surface area contributed by atoms with Crippen LogP contribution in [-0.2, 0) is 10.0 Å². The van der Waals surface area contributed by atoms with E-state index in [1.54, 1.807) is 18.2 Å². The summed E-state index contributed by atoms with van der Waals surface area (Å²) in [6, 6.07) is 5.09. The van der Waals surface area contributed by atoms with E-state index >= 15 is 0 Å². The summed E-state index contributed by atoms with van der Waals surface area (Å²) in [5.74, 6) is 0. The van der Waals surface area contributed by atoms with E-state index in [1.807, 2.05) is 6.92 Å². The molecule has 1 saturated carbocycles. The number of sulfonamides is 1. The van der Waals surface area contributed by atoms with Gasteiger partial charge in [0.2, 0.25) is 10.0 Å². The second kappa shape index (κ2) is 4.94. The highest BCUT2D eigenvalue weighted by molar-refractivity contribution is 9.10. The Morgan fingerprint density at radius 1 is 1.39 bits per heavy atom. The van der Waals surface area contributed by atoms with E-state index in [9.17, 15) is 8.42 Å². The van der Waals surface area contributed by atoms with Crippen molar-refractivity contribution < 1.29 is 8.42 Å². The fraction of sp³-hybridized carbons (Fsp3) is 0.538. The summed E-state index contributed by atoms with van der Waals surface area (Å²) in [6.07, 6.45) is 3.42. The Hall–Kier alpha value is -0.390. The summed E-state index contributed by atoms with van der Waals surface area (Å²) in [5.41, 5.74) is 1.07. The highest BCUT2D eigenvalue weighted by Crippen LogP contribution is 2.39. The number of aryl methyl sites for hydroxylation is 1. The van der Waals surface area contributed by atoms with Crippen LogP contribution in [0.2, 0.25) is 0 Å². The van der Waals surface area contributed by atoms with Crippen LogP contribution in [0.25, 0.3) is 0 Å². The van der Waals surface area contributed by atoms with Crippen molar-refractivity contribution in [1.82, 2.24) is 4.72 Å². The summed E-state index contributed by atoms with van der Waals surface area (Å²) in [5, 5.41) is 0. The molecule has 1 aromatic carbocycles. The summed E-state index contributed by atoms with van der Waals surface area (Å²) in [6.45, 7) is 4.55. The molecular weight excluding hydrogens is 314 g/mol. The van der Waals surface area contributed by atoms with Crippen molar-refractivity contribution in [3.63, 3.8) is 0 Å². The highest BCUT2D eigenvalue weighted by atomic mass is 79.9. The SMILES string of the molecule is Cc1cc(S(=O)(=O)NCC2(C)CCC2)ccc1Br. The van der Waals surface area contributed by atoms with Gasteiger partial charge in [0.15, 0.2) is 0 Å². The molecule has 0 aliphatic heterocycles. The minimum absolute atomic E-state index is 0.150. The smallest absolute Gasteiger partial charge is 0.211 e. The van der Waals surface area contributed by atoms with Crippen LogP contribution in [0.5, 0.6) is 0 Å². The zero-order valence-corrected chi connectivity index (χ0v) is 13.1. The third kappa shape index (κ3) is 2.95. The van der Waals surface area contributed by atoms with Gasteiger partial charge in [0.1, 0.15) is 0 Å². The van der Waals surface area contributed by atoms with Crippen LogP contribution in [0.15, 0.2) is 27.6 Å². The van der Waals surface area contributed by atoms with E-state index in [-0.39, 0.29) is 5.41 Å². The standard InChI is InChI=1S/C13H18BrNO2S/c1-10-8-11(4-5-12(10)14)18(16,17)15-9-13(2)6-3-7-13/h4-5,8,15H,3,6-7,9H2,1-2H3. The van der Waals surface area contributed by atoms with Gasteiger partial charge in [0, 0.05) is 11.0 Å². The Bertz CT molecular complexity index is 550. The Morgan fingerprint density at radius 3 is 2.56 bits per heavy atom. The van der Waals surface area contributed by atoms with Crippen LogP contribution in [0.3, 0.4) is 0 Å². The summed E-state index contributed by atoms with van der Waals surface area (Å²) < 4.78 is 28.0. The zero-order chi connectivity index (χ0) is 13.4. The van der Waals surface area contributed by atoms with Gasteiger partial charge in [0.05, 0.1) is 4.90 Å². The number of benzene rings is 1. The number of nitrogens with one attached hydrogen (secondary N) is 1. The van der Waals surface area contributed by atoms with Crippen molar-refractivity contribution in [3.05, 3.63) is 28.2 Å². The van der Waals surface area contributed by atoms with Gasteiger partial charge in [-0.05, 0) is 48.9 Å². The molecule has 18 heavy (non-hydrogen) atoms. The maximum atomic E-state index is 12.2. The molecule has 1 aliphatic rings. The zero-order valence-electron chi connectivity index (χ0n) is 10.7. The third-order valence-corrected chi connectivity index (χ3v) is 5.98. The molecule has 0 atom stereocenters. The molecule has 0 bridgehead atoms. The summed E-state index contributed by atoms with van der Waals surface area (Å²) >= 11 is 3.37. The van der Waals surface area contributed by atoms with E-state index < -0.39 is 10.0 Å². The molecule has 0 saturated heterocycles. The minimum atomic E-state index is -3.38. The molecule has 1 aliphatic carbocycles. The van der Waals surface area contributed by atoms with Crippen molar-refractivity contribution in [2.24, 2.45) is 5.41 Å². The first-order valence-electron chi connectivity index (χ1n) is 6.08. The first-order chi connectivity index (χ1) is 8.32. The van der Waals surface area contributed by atoms with Crippen LogP contribution in [-0.4, -0.2) is 15.0 Å². The molecule has 2 rings (SSSR count). The number of rotatable bonds is 4. The maximum absolute atomic E-state index is 12.2. The molecular formula is C13H18BrNO2S. The molecule has 1 fully saturated rings. The molecule has 5 heteroatoms. The van der Waals surface area contributed by atoms with E-state index in [2.05, 4.69) is 27.6 Å². The van der Waals surface area contributed by atoms with Crippen LogP contribution < -0.4 is 4.72 Å². The molecule has 100 valence electrons. The van der Waals surface area contributed by atoms with Crippen molar-refractivity contribution in [1.29, 1.82) is 0 Å². The van der Waals surface area contributed by atoms with Crippen molar-refractivity contribution >= 4 is 26.0 Å². The van der Waals surface area contributed by atoms with E-state index in [0.717, 1.165) is 22.9 Å². The van der Waals surface area contributed by atoms with Crippen LogP contribution in [0.4, 0.5) is 0 Å². The van der Waals surface area contributed by atoms with Crippen LogP contribution >= 0.6 is 15.9 Å². The van der Waals surface area contributed by atoms with Gasteiger partial charge in [-0.15, -0.1) is 0 Å². The van der Waals surface area contributed by atoms with E-state index in [1.165, 1.54) is 6.42 Å². The lowest BCUT2D eigenvalue weighted by Crippen LogP contribution is -2.39. The first kappa shape index (κ1) is 14.0. The fourth-order valence-corrected chi connectivity index (χ4v) is 3.62. The topological polar surface area (TPSA) is 46.2 Å². The van der Waals surface area contributed by atoms with Gasteiger partial charge in [-0.1, -0.05) is 29.3 Å². The number of hydrogen-bond donors (Lipinski definition) is 1. The lowest BCUT2D eigenvalue weighted by atomic mass is 9.71. The Labute approximate surface area is 117 Å². The molecule has 0 radical (unpaired) electrons. The Morgan fingerprint density at radius 2 is 2.06 bits per heavy atom. The van der Waals surface area contributed by atoms with Crippen LogP contribution in [0.1, 0.15) is 31.7 Å². The lowest BCUT2D eigenvalue weighted by molar-refractivity contribution is 0.166. The average Bonchev–Trinajstić information content (AvgIpc) is 2.27. The molecule has 1 aromatic rings. The normalized spacial score (nSPS) is 18.4. The van der Waals surface area contributed by atoms with Crippen molar-refractivity contribution in [3.8, 4) is 0 Å². The molecule has 0 amide bonds. The van der Waals surface area contributed by atoms with Crippen molar-refractivity contribution in [2.75, 3.05) is 6.54 Å². The Kier molecular flexibility index (Phi) is 3.85. The Balaban J connectivity index is 2.12. The molecule has 0 heterocycles. The van der Waals surface area contributed by atoms with Gasteiger partial charge >= 0.3 is 0 Å².